The first-order chi connectivity index (χ1) is 17.6. The molecule has 37 heavy (non-hydrogen) atoms. The Bertz CT molecular complexity index is 1360. The molecule has 0 saturated carbocycles. The number of likely N-dealkylation sites (N-methyl/N-ethyl adjacent to an activating group) is 1. The molecule has 0 radical (unpaired) electrons. The van der Waals surface area contributed by atoms with Gasteiger partial charge >= 0.3 is 6.18 Å². The Kier molecular flexibility index (Phi) is 8.28. The number of carbonyl (C=O) groups is 1. The van der Waals surface area contributed by atoms with Crippen molar-refractivity contribution in [2.45, 2.75) is 19.1 Å². The van der Waals surface area contributed by atoms with Gasteiger partial charge in [0.2, 0.25) is 5.95 Å². The van der Waals surface area contributed by atoms with E-state index in [0.29, 0.717) is 18.7 Å². The summed E-state index contributed by atoms with van der Waals surface area (Å²) in [5.74, 6) is 4.26. The zero-order valence-electron chi connectivity index (χ0n) is 20.1. The van der Waals surface area contributed by atoms with E-state index in [9.17, 15) is 22.4 Å². The second-order valence-corrected chi connectivity index (χ2v) is 9.36. The topological polar surface area (TPSA) is 36.4 Å². The van der Waals surface area contributed by atoms with Crippen LogP contribution < -0.4 is 0 Å². The standard InChI is InChI=1S/C28H24ClF4N3O/c1-35-11-13-36(14-12-35)18-23-5-4-19(15-24(23)28(31,32)33)16-26(37)22-8-9-25(29)21(17-22)7-6-20-3-2-10-34-27(20)30/h2-5,8-10,15,17H,11-14,16,18H2,1H3. The predicted octanol–water partition coefficient (Wildman–Crippen LogP) is 5.47. The van der Waals surface area contributed by atoms with Gasteiger partial charge in [0, 0.05) is 56.5 Å². The van der Waals surface area contributed by atoms with Crippen LogP contribution in [0.5, 0.6) is 0 Å². The first-order valence-electron chi connectivity index (χ1n) is 11.7. The summed E-state index contributed by atoms with van der Waals surface area (Å²) in [5.41, 5.74) is 0.355. The Balaban J connectivity index is 1.53. The third-order valence-corrected chi connectivity index (χ3v) is 6.54. The third-order valence-electron chi connectivity index (χ3n) is 6.21. The lowest BCUT2D eigenvalue weighted by Crippen LogP contribution is -2.44. The van der Waals surface area contributed by atoms with Gasteiger partial charge in [-0.25, -0.2) is 4.98 Å². The number of aromatic nitrogens is 1. The molecule has 9 heteroatoms. The summed E-state index contributed by atoms with van der Waals surface area (Å²) >= 11 is 6.19. The first kappa shape index (κ1) is 26.8. The van der Waals surface area contributed by atoms with E-state index in [1.807, 2.05) is 11.9 Å². The Morgan fingerprint density at radius 3 is 2.46 bits per heavy atom. The van der Waals surface area contributed by atoms with Crippen molar-refractivity contribution >= 4 is 17.4 Å². The zero-order valence-corrected chi connectivity index (χ0v) is 20.8. The maximum absolute atomic E-state index is 13.9. The normalized spacial score (nSPS) is 14.8. The molecule has 4 rings (SSSR count). The summed E-state index contributed by atoms with van der Waals surface area (Å²) in [6.45, 7) is 3.21. The number of Topliss-reactive ketones (excluding diaryl/α,β-unsaturated/α-hetero) is 1. The monoisotopic (exact) mass is 529 g/mol. The van der Waals surface area contributed by atoms with Crippen LogP contribution in [0.2, 0.25) is 5.02 Å². The molecule has 0 atom stereocenters. The van der Waals surface area contributed by atoms with Gasteiger partial charge in [-0.05, 0) is 54.6 Å². The number of hydrogen-bond acceptors (Lipinski definition) is 4. The van der Waals surface area contributed by atoms with E-state index < -0.39 is 17.7 Å². The summed E-state index contributed by atoms with van der Waals surface area (Å²) < 4.78 is 55.4. The molecule has 1 saturated heterocycles. The largest absolute Gasteiger partial charge is 0.416 e. The molecule has 2 heterocycles. The molecule has 0 bridgehead atoms. The van der Waals surface area contributed by atoms with E-state index in [1.165, 1.54) is 36.5 Å². The maximum atomic E-state index is 13.9. The highest BCUT2D eigenvalue weighted by Gasteiger charge is 2.34. The lowest BCUT2D eigenvalue weighted by atomic mass is 9.97. The fourth-order valence-corrected chi connectivity index (χ4v) is 4.24. The Morgan fingerprint density at radius 1 is 1.03 bits per heavy atom. The molecule has 0 amide bonds. The van der Waals surface area contributed by atoms with E-state index in [0.717, 1.165) is 19.2 Å². The fraction of sp³-hybridized carbons (Fsp3) is 0.286. The quantitative estimate of drug-likeness (QED) is 0.190. The number of pyridine rings is 1. The SMILES string of the molecule is CN1CCN(Cc2ccc(CC(=O)c3ccc(Cl)c(C#Cc4cccnc4F)c3)cc2C(F)(F)F)CC1. The van der Waals surface area contributed by atoms with E-state index in [1.54, 1.807) is 12.1 Å². The van der Waals surface area contributed by atoms with Crippen molar-refractivity contribution in [3.05, 3.63) is 99.1 Å². The van der Waals surface area contributed by atoms with Crippen LogP contribution in [0.15, 0.2) is 54.7 Å². The molecule has 1 aromatic heterocycles. The average Bonchev–Trinajstić information content (AvgIpc) is 2.86. The third kappa shape index (κ3) is 6.95. The molecule has 0 spiro atoms. The summed E-state index contributed by atoms with van der Waals surface area (Å²) in [6, 6.07) is 11.5. The van der Waals surface area contributed by atoms with E-state index in [4.69, 9.17) is 11.6 Å². The summed E-state index contributed by atoms with van der Waals surface area (Å²) in [6.07, 6.45) is -3.45. The average molecular weight is 530 g/mol. The van der Waals surface area contributed by atoms with Crippen LogP contribution in [-0.4, -0.2) is 53.8 Å². The van der Waals surface area contributed by atoms with Crippen molar-refractivity contribution in [3.8, 4) is 11.8 Å². The molecule has 0 aliphatic carbocycles. The first-order valence-corrected chi connectivity index (χ1v) is 12.0. The van der Waals surface area contributed by atoms with Crippen molar-refractivity contribution in [2.75, 3.05) is 33.2 Å². The molecule has 2 aromatic carbocycles. The molecule has 4 nitrogen and oxygen atoms in total. The minimum Gasteiger partial charge on any atom is -0.304 e. The summed E-state index contributed by atoms with van der Waals surface area (Å²) in [5, 5.41) is 0.265. The van der Waals surface area contributed by atoms with Crippen molar-refractivity contribution in [3.63, 3.8) is 0 Å². The number of carbonyl (C=O) groups excluding carboxylic acids is 1. The predicted molar refractivity (Wildman–Crippen MR) is 134 cm³/mol. The number of nitrogens with zero attached hydrogens (tertiary/aromatic N) is 3. The Hall–Kier alpha value is -3.25. The van der Waals surface area contributed by atoms with Crippen molar-refractivity contribution < 1.29 is 22.4 Å². The lowest BCUT2D eigenvalue weighted by molar-refractivity contribution is -0.138. The van der Waals surface area contributed by atoms with Gasteiger partial charge in [0.25, 0.3) is 0 Å². The number of hydrogen-bond donors (Lipinski definition) is 0. The number of alkyl halides is 3. The molecule has 192 valence electrons. The molecule has 1 aliphatic rings. The van der Waals surface area contributed by atoms with Crippen LogP contribution in [-0.2, 0) is 19.1 Å². The molecular weight excluding hydrogens is 506 g/mol. The number of piperazine rings is 1. The van der Waals surface area contributed by atoms with Gasteiger partial charge < -0.3 is 4.90 Å². The van der Waals surface area contributed by atoms with Gasteiger partial charge in [-0.2, -0.15) is 17.6 Å². The van der Waals surface area contributed by atoms with Crippen molar-refractivity contribution in [1.82, 2.24) is 14.8 Å². The van der Waals surface area contributed by atoms with E-state index in [-0.39, 0.29) is 46.0 Å². The van der Waals surface area contributed by atoms with Gasteiger partial charge in [0.1, 0.15) is 0 Å². The lowest BCUT2D eigenvalue weighted by Gasteiger charge is -2.33. The van der Waals surface area contributed by atoms with E-state index >= 15 is 0 Å². The number of benzene rings is 2. The minimum atomic E-state index is -4.54. The van der Waals surface area contributed by atoms with Crippen LogP contribution in [0, 0.1) is 17.8 Å². The summed E-state index contributed by atoms with van der Waals surface area (Å²) in [7, 11) is 1.99. The maximum Gasteiger partial charge on any atom is 0.416 e. The second-order valence-electron chi connectivity index (χ2n) is 8.96. The summed E-state index contributed by atoms with van der Waals surface area (Å²) in [4.78, 5) is 20.6. The van der Waals surface area contributed by atoms with Gasteiger partial charge in [0.05, 0.1) is 16.1 Å². The second kappa shape index (κ2) is 11.4. The fourth-order valence-electron chi connectivity index (χ4n) is 4.08. The number of ketones is 1. The molecule has 3 aromatic rings. The van der Waals surface area contributed by atoms with Crippen LogP contribution in [0.25, 0.3) is 0 Å². The van der Waals surface area contributed by atoms with Gasteiger partial charge in [-0.3, -0.25) is 9.69 Å². The Morgan fingerprint density at radius 2 is 1.76 bits per heavy atom. The molecular formula is C28H24ClF4N3O. The zero-order chi connectivity index (χ0) is 26.6. The van der Waals surface area contributed by atoms with Crippen LogP contribution in [0.3, 0.4) is 0 Å². The van der Waals surface area contributed by atoms with Crippen LogP contribution >= 0.6 is 11.6 Å². The highest BCUT2D eigenvalue weighted by molar-refractivity contribution is 6.31. The van der Waals surface area contributed by atoms with Crippen molar-refractivity contribution in [1.29, 1.82) is 0 Å². The van der Waals surface area contributed by atoms with Gasteiger partial charge in [0.15, 0.2) is 5.78 Å². The molecule has 0 N–H and O–H groups in total. The van der Waals surface area contributed by atoms with E-state index in [2.05, 4.69) is 21.7 Å². The molecule has 1 aliphatic heterocycles. The highest BCUT2D eigenvalue weighted by atomic mass is 35.5. The molecule has 1 fully saturated rings. The number of rotatable bonds is 5. The van der Waals surface area contributed by atoms with Crippen LogP contribution in [0.1, 0.15) is 38.2 Å². The van der Waals surface area contributed by atoms with Gasteiger partial charge in [-0.15, -0.1) is 0 Å². The van der Waals surface area contributed by atoms with Crippen LogP contribution in [0.4, 0.5) is 17.6 Å². The smallest absolute Gasteiger partial charge is 0.304 e. The minimum absolute atomic E-state index is 0.0756. The highest BCUT2D eigenvalue weighted by Crippen LogP contribution is 2.34. The van der Waals surface area contributed by atoms with Crippen molar-refractivity contribution in [2.24, 2.45) is 0 Å². The Labute approximate surface area is 217 Å². The van der Waals surface area contributed by atoms with Gasteiger partial charge in [-0.1, -0.05) is 35.6 Å². The number of halogens is 5. The molecule has 0 unspecified atom stereocenters.